The van der Waals surface area contributed by atoms with Gasteiger partial charge in [-0.3, -0.25) is 0 Å². The summed E-state index contributed by atoms with van der Waals surface area (Å²) in [7, 11) is 0. The number of nitrogens with zero attached hydrogens (tertiary/aromatic N) is 2. The summed E-state index contributed by atoms with van der Waals surface area (Å²) in [6.45, 7) is 0.144. The lowest BCUT2D eigenvalue weighted by atomic mass is 10.0. The molecule has 1 heterocycles. The van der Waals surface area contributed by atoms with E-state index in [4.69, 9.17) is 19.4 Å². The SMILES string of the molecule is O=C(OCc1ccccc1)Oc1ccc2nc(-c3ccccc3)c(-c3ccccc3)nc2c1. The lowest BCUT2D eigenvalue weighted by Gasteiger charge is -2.11. The first-order valence-electron chi connectivity index (χ1n) is 10.6. The number of hydrogen-bond acceptors (Lipinski definition) is 5. The summed E-state index contributed by atoms with van der Waals surface area (Å²) in [6.07, 6.45) is -0.768. The highest BCUT2D eigenvalue weighted by Crippen LogP contribution is 2.31. The maximum atomic E-state index is 12.2. The fourth-order valence-electron chi connectivity index (χ4n) is 3.53. The van der Waals surface area contributed by atoms with Crippen LogP contribution in [0, 0.1) is 0 Å². The summed E-state index contributed by atoms with van der Waals surface area (Å²) >= 11 is 0. The number of carbonyl (C=O) groups is 1. The highest BCUT2D eigenvalue weighted by molar-refractivity contribution is 5.87. The molecule has 5 aromatic rings. The Hall–Kier alpha value is -4.51. The van der Waals surface area contributed by atoms with Crippen molar-refractivity contribution in [1.29, 1.82) is 0 Å². The van der Waals surface area contributed by atoms with Crippen LogP contribution in [0.25, 0.3) is 33.5 Å². The molecule has 0 amide bonds. The van der Waals surface area contributed by atoms with Gasteiger partial charge >= 0.3 is 6.16 Å². The molecule has 160 valence electrons. The zero-order valence-electron chi connectivity index (χ0n) is 17.7. The van der Waals surface area contributed by atoms with Crippen molar-refractivity contribution in [1.82, 2.24) is 9.97 Å². The molecule has 0 saturated heterocycles. The van der Waals surface area contributed by atoms with Gasteiger partial charge in [0.2, 0.25) is 0 Å². The lowest BCUT2D eigenvalue weighted by molar-refractivity contribution is 0.0928. The first-order valence-corrected chi connectivity index (χ1v) is 10.6. The standard InChI is InChI=1S/C28H20N2O3/c31-28(32-19-20-10-4-1-5-11-20)33-23-16-17-24-25(18-23)30-27(22-14-8-3-9-15-22)26(29-24)21-12-6-2-7-13-21/h1-18H,19H2. The quantitative estimate of drug-likeness (QED) is 0.229. The van der Waals surface area contributed by atoms with E-state index in [9.17, 15) is 4.79 Å². The smallest absolute Gasteiger partial charge is 0.429 e. The second-order valence-electron chi connectivity index (χ2n) is 7.43. The largest absolute Gasteiger partial charge is 0.514 e. The number of fused-ring (bicyclic) bond motifs is 1. The summed E-state index contributed by atoms with van der Waals surface area (Å²) in [5.41, 5.74) is 5.72. The van der Waals surface area contributed by atoms with Crippen molar-refractivity contribution in [2.45, 2.75) is 6.61 Å². The van der Waals surface area contributed by atoms with E-state index in [2.05, 4.69) is 0 Å². The van der Waals surface area contributed by atoms with Gasteiger partial charge < -0.3 is 9.47 Å². The van der Waals surface area contributed by atoms with Gasteiger partial charge in [-0.25, -0.2) is 14.8 Å². The predicted molar refractivity (Wildman–Crippen MR) is 128 cm³/mol. The molecule has 0 aliphatic rings. The van der Waals surface area contributed by atoms with Crippen molar-refractivity contribution < 1.29 is 14.3 Å². The monoisotopic (exact) mass is 432 g/mol. The predicted octanol–water partition coefficient (Wildman–Crippen LogP) is 6.68. The third-order valence-corrected chi connectivity index (χ3v) is 5.13. The third-order valence-electron chi connectivity index (χ3n) is 5.13. The first-order chi connectivity index (χ1) is 16.3. The molecule has 0 bridgehead atoms. The van der Waals surface area contributed by atoms with Crippen LogP contribution < -0.4 is 4.74 Å². The lowest BCUT2D eigenvalue weighted by Crippen LogP contribution is -2.10. The van der Waals surface area contributed by atoms with Crippen LogP contribution in [-0.2, 0) is 11.3 Å². The Morgan fingerprint density at radius 3 is 1.79 bits per heavy atom. The molecule has 0 N–H and O–H groups in total. The molecular formula is C28H20N2O3. The van der Waals surface area contributed by atoms with E-state index in [0.29, 0.717) is 16.8 Å². The number of carbonyl (C=O) groups excluding carboxylic acids is 1. The van der Waals surface area contributed by atoms with Crippen molar-refractivity contribution in [3.05, 3.63) is 115 Å². The molecule has 5 heteroatoms. The van der Waals surface area contributed by atoms with E-state index in [1.165, 1.54) is 0 Å². The normalized spacial score (nSPS) is 10.7. The summed E-state index contributed by atoms with van der Waals surface area (Å²) in [5.74, 6) is 0.348. The molecule has 5 rings (SSSR count). The molecule has 0 aliphatic carbocycles. The maximum absolute atomic E-state index is 12.2. The maximum Gasteiger partial charge on any atom is 0.514 e. The van der Waals surface area contributed by atoms with Crippen LogP contribution >= 0.6 is 0 Å². The fourth-order valence-corrected chi connectivity index (χ4v) is 3.53. The second kappa shape index (κ2) is 9.32. The molecule has 0 aliphatic heterocycles. The minimum Gasteiger partial charge on any atom is -0.429 e. The number of rotatable bonds is 5. The molecule has 0 atom stereocenters. The second-order valence-corrected chi connectivity index (χ2v) is 7.43. The summed E-state index contributed by atoms with van der Waals surface area (Å²) in [5, 5.41) is 0. The van der Waals surface area contributed by atoms with Gasteiger partial charge in [-0.2, -0.15) is 0 Å². The van der Waals surface area contributed by atoms with Crippen LogP contribution in [0.3, 0.4) is 0 Å². The Balaban J connectivity index is 1.46. The zero-order chi connectivity index (χ0) is 22.5. The number of hydrogen-bond donors (Lipinski definition) is 0. The molecule has 5 nitrogen and oxygen atoms in total. The van der Waals surface area contributed by atoms with Crippen molar-refractivity contribution >= 4 is 17.2 Å². The van der Waals surface area contributed by atoms with Crippen LogP contribution in [0.15, 0.2) is 109 Å². The number of aromatic nitrogens is 2. The van der Waals surface area contributed by atoms with Crippen molar-refractivity contribution in [2.24, 2.45) is 0 Å². The zero-order valence-corrected chi connectivity index (χ0v) is 17.7. The van der Waals surface area contributed by atoms with Gasteiger partial charge in [-0.05, 0) is 17.7 Å². The van der Waals surface area contributed by atoms with E-state index >= 15 is 0 Å². The molecule has 33 heavy (non-hydrogen) atoms. The summed E-state index contributed by atoms with van der Waals surface area (Å²) in [4.78, 5) is 21.9. The van der Waals surface area contributed by atoms with Gasteiger partial charge in [0.25, 0.3) is 0 Å². The molecule has 0 fully saturated rings. The average Bonchev–Trinajstić information content (AvgIpc) is 2.88. The molecule has 1 aromatic heterocycles. The Labute approximate surface area is 191 Å². The van der Waals surface area contributed by atoms with Crippen LogP contribution in [0.1, 0.15) is 5.56 Å². The van der Waals surface area contributed by atoms with Crippen molar-refractivity contribution in [2.75, 3.05) is 0 Å². The van der Waals surface area contributed by atoms with Crippen LogP contribution in [-0.4, -0.2) is 16.1 Å². The van der Waals surface area contributed by atoms with Crippen molar-refractivity contribution in [3.8, 4) is 28.3 Å². The van der Waals surface area contributed by atoms with E-state index in [-0.39, 0.29) is 6.61 Å². The van der Waals surface area contributed by atoms with E-state index in [1.807, 2.05) is 91.0 Å². The van der Waals surface area contributed by atoms with E-state index in [0.717, 1.165) is 28.1 Å². The summed E-state index contributed by atoms with van der Waals surface area (Å²) in [6, 6.07) is 34.5. The minimum absolute atomic E-state index is 0.144. The van der Waals surface area contributed by atoms with Gasteiger partial charge in [0.15, 0.2) is 0 Å². The molecule has 0 radical (unpaired) electrons. The third kappa shape index (κ3) is 4.72. The molecular weight excluding hydrogens is 412 g/mol. The Morgan fingerprint density at radius 1 is 0.636 bits per heavy atom. The Bertz CT molecular complexity index is 1390. The average molecular weight is 432 g/mol. The number of ether oxygens (including phenoxy) is 2. The Kier molecular flexibility index (Phi) is 5.76. The van der Waals surface area contributed by atoms with Crippen molar-refractivity contribution in [3.63, 3.8) is 0 Å². The summed E-state index contributed by atoms with van der Waals surface area (Å²) < 4.78 is 10.6. The van der Waals surface area contributed by atoms with Gasteiger partial charge in [-0.1, -0.05) is 91.0 Å². The van der Waals surface area contributed by atoms with Crippen LogP contribution in [0.5, 0.6) is 5.75 Å². The molecule has 0 saturated carbocycles. The van der Waals surface area contributed by atoms with Crippen LogP contribution in [0.2, 0.25) is 0 Å². The minimum atomic E-state index is -0.768. The number of benzene rings is 4. The van der Waals surface area contributed by atoms with Gasteiger partial charge in [0.05, 0.1) is 22.4 Å². The highest BCUT2D eigenvalue weighted by Gasteiger charge is 2.14. The van der Waals surface area contributed by atoms with Gasteiger partial charge in [-0.15, -0.1) is 0 Å². The fraction of sp³-hybridized carbons (Fsp3) is 0.0357. The Morgan fingerprint density at radius 2 is 1.18 bits per heavy atom. The topological polar surface area (TPSA) is 61.3 Å². The molecule has 4 aromatic carbocycles. The first kappa shape index (κ1) is 20.4. The van der Waals surface area contributed by atoms with Gasteiger partial charge in [0, 0.05) is 17.2 Å². The highest BCUT2D eigenvalue weighted by atomic mass is 16.7. The van der Waals surface area contributed by atoms with Gasteiger partial charge in [0.1, 0.15) is 12.4 Å². The van der Waals surface area contributed by atoms with Crippen LogP contribution in [0.4, 0.5) is 4.79 Å². The molecule has 0 spiro atoms. The molecule has 0 unspecified atom stereocenters. The van der Waals surface area contributed by atoms with E-state index < -0.39 is 6.16 Å². The van der Waals surface area contributed by atoms with E-state index in [1.54, 1.807) is 18.2 Å².